The lowest BCUT2D eigenvalue weighted by molar-refractivity contribution is 0.315. The SMILES string of the molecule is CCNC(=NCC1CCN(C2CC2)C1)NCCCC(C)C.I. The van der Waals surface area contributed by atoms with Crippen molar-refractivity contribution in [1.82, 2.24) is 15.5 Å². The fourth-order valence-corrected chi connectivity index (χ4v) is 3.06. The quantitative estimate of drug-likeness (QED) is 0.273. The number of likely N-dealkylation sites (tertiary alicyclic amines) is 1. The summed E-state index contributed by atoms with van der Waals surface area (Å²) in [5, 5.41) is 6.84. The Hall–Kier alpha value is -0.0400. The molecule has 1 heterocycles. The predicted molar refractivity (Wildman–Crippen MR) is 106 cm³/mol. The fraction of sp³-hybridized carbons (Fsp3) is 0.941. The van der Waals surface area contributed by atoms with Gasteiger partial charge in [0.1, 0.15) is 0 Å². The second kappa shape index (κ2) is 10.7. The summed E-state index contributed by atoms with van der Waals surface area (Å²) in [4.78, 5) is 7.46. The van der Waals surface area contributed by atoms with E-state index >= 15 is 0 Å². The van der Waals surface area contributed by atoms with Gasteiger partial charge in [-0.15, -0.1) is 24.0 Å². The Bertz CT molecular complexity index is 329. The molecule has 130 valence electrons. The summed E-state index contributed by atoms with van der Waals surface area (Å²) in [6.07, 6.45) is 6.69. The van der Waals surface area contributed by atoms with E-state index in [1.54, 1.807) is 0 Å². The average Bonchev–Trinajstić information content (AvgIpc) is 3.20. The van der Waals surface area contributed by atoms with Gasteiger partial charge in [0, 0.05) is 32.2 Å². The molecule has 0 amide bonds. The van der Waals surface area contributed by atoms with E-state index in [-0.39, 0.29) is 24.0 Å². The molecule has 0 spiro atoms. The van der Waals surface area contributed by atoms with Crippen molar-refractivity contribution in [2.75, 3.05) is 32.7 Å². The van der Waals surface area contributed by atoms with Gasteiger partial charge in [0.2, 0.25) is 0 Å². The molecular formula is C17H35IN4. The highest BCUT2D eigenvalue weighted by Crippen LogP contribution is 2.31. The lowest BCUT2D eigenvalue weighted by Crippen LogP contribution is -2.38. The van der Waals surface area contributed by atoms with Crippen molar-refractivity contribution in [2.45, 2.75) is 58.9 Å². The molecule has 5 heteroatoms. The van der Waals surface area contributed by atoms with Crippen molar-refractivity contribution in [3.8, 4) is 0 Å². The first-order valence-corrected chi connectivity index (χ1v) is 8.95. The van der Waals surface area contributed by atoms with Crippen LogP contribution in [0.1, 0.15) is 52.9 Å². The highest BCUT2D eigenvalue weighted by atomic mass is 127. The first-order chi connectivity index (χ1) is 10.2. The highest BCUT2D eigenvalue weighted by molar-refractivity contribution is 14.0. The van der Waals surface area contributed by atoms with Crippen molar-refractivity contribution in [3.05, 3.63) is 0 Å². The third-order valence-corrected chi connectivity index (χ3v) is 4.48. The summed E-state index contributed by atoms with van der Waals surface area (Å²) in [7, 11) is 0. The van der Waals surface area contributed by atoms with E-state index < -0.39 is 0 Å². The molecule has 0 aromatic rings. The largest absolute Gasteiger partial charge is 0.357 e. The number of hydrogen-bond acceptors (Lipinski definition) is 2. The lowest BCUT2D eigenvalue weighted by atomic mass is 10.1. The number of nitrogens with zero attached hydrogens (tertiary/aromatic N) is 2. The molecular weight excluding hydrogens is 387 g/mol. The van der Waals surface area contributed by atoms with Crippen LogP contribution in [0.4, 0.5) is 0 Å². The summed E-state index contributed by atoms with van der Waals surface area (Å²) in [5.41, 5.74) is 0. The third-order valence-electron chi connectivity index (χ3n) is 4.48. The van der Waals surface area contributed by atoms with Crippen molar-refractivity contribution in [1.29, 1.82) is 0 Å². The van der Waals surface area contributed by atoms with E-state index in [1.807, 2.05) is 0 Å². The Labute approximate surface area is 153 Å². The third kappa shape index (κ3) is 7.49. The van der Waals surface area contributed by atoms with E-state index in [0.29, 0.717) is 0 Å². The Kier molecular flexibility index (Phi) is 9.71. The van der Waals surface area contributed by atoms with E-state index in [4.69, 9.17) is 4.99 Å². The smallest absolute Gasteiger partial charge is 0.191 e. The summed E-state index contributed by atoms with van der Waals surface area (Å²) in [5.74, 6) is 2.56. The van der Waals surface area contributed by atoms with Crippen LogP contribution >= 0.6 is 24.0 Å². The molecule has 2 rings (SSSR count). The Morgan fingerprint density at radius 2 is 2.00 bits per heavy atom. The van der Waals surface area contributed by atoms with Crippen LogP contribution in [0.15, 0.2) is 4.99 Å². The van der Waals surface area contributed by atoms with Gasteiger partial charge in [0.25, 0.3) is 0 Å². The highest BCUT2D eigenvalue weighted by Gasteiger charge is 2.34. The minimum atomic E-state index is 0. The van der Waals surface area contributed by atoms with Gasteiger partial charge < -0.3 is 15.5 Å². The fourth-order valence-electron chi connectivity index (χ4n) is 3.06. The standard InChI is InChI=1S/C17H34N4.HI/c1-4-18-17(19-10-5-6-14(2)3)20-12-15-9-11-21(13-15)16-7-8-16;/h14-16H,4-13H2,1-3H3,(H2,18,19,20);1H. The van der Waals surface area contributed by atoms with Gasteiger partial charge in [-0.2, -0.15) is 0 Å². The summed E-state index contributed by atoms with van der Waals surface area (Å²) >= 11 is 0. The lowest BCUT2D eigenvalue weighted by Gasteiger charge is -2.15. The molecule has 1 atom stereocenters. The topological polar surface area (TPSA) is 39.7 Å². The molecule has 2 N–H and O–H groups in total. The molecule has 22 heavy (non-hydrogen) atoms. The zero-order valence-corrected chi connectivity index (χ0v) is 16.9. The summed E-state index contributed by atoms with van der Waals surface area (Å²) < 4.78 is 0. The van der Waals surface area contributed by atoms with Gasteiger partial charge in [-0.3, -0.25) is 4.99 Å². The molecule has 1 unspecified atom stereocenters. The second-order valence-electron chi connectivity index (χ2n) is 7.06. The zero-order chi connectivity index (χ0) is 15.1. The minimum absolute atomic E-state index is 0. The molecule has 4 nitrogen and oxygen atoms in total. The second-order valence-corrected chi connectivity index (χ2v) is 7.06. The molecule has 0 aromatic heterocycles. The van der Waals surface area contributed by atoms with Crippen molar-refractivity contribution in [3.63, 3.8) is 0 Å². The number of halogens is 1. The van der Waals surface area contributed by atoms with Crippen molar-refractivity contribution >= 4 is 29.9 Å². The van der Waals surface area contributed by atoms with Gasteiger partial charge in [0.05, 0.1) is 0 Å². The van der Waals surface area contributed by atoms with Crippen LogP contribution in [-0.4, -0.2) is 49.6 Å². The Balaban J connectivity index is 0.00000242. The number of guanidine groups is 1. The van der Waals surface area contributed by atoms with Crippen LogP contribution in [-0.2, 0) is 0 Å². The first kappa shape index (κ1) is 20.0. The van der Waals surface area contributed by atoms with E-state index in [1.165, 1.54) is 45.2 Å². The van der Waals surface area contributed by atoms with Crippen molar-refractivity contribution in [2.24, 2.45) is 16.8 Å². The Morgan fingerprint density at radius 1 is 1.23 bits per heavy atom. The van der Waals surface area contributed by atoms with Crippen LogP contribution < -0.4 is 10.6 Å². The van der Waals surface area contributed by atoms with Gasteiger partial charge in [-0.25, -0.2) is 0 Å². The maximum absolute atomic E-state index is 4.79. The summed E-state index contributed by atoms with van der Waals surface area (Å²) in [6, 6.07) is 0.918. The molecule has 0 aromatic carbocycles. The minimum Gasteiger partial charge on any atom is -0.357 e. The molecule has 1 aliphatic heterocycles. The molecule has 2 aliphatic rings. The zero-order valence-electron chi connectivity index (χ0n) is 14.6. The molecule has 0 radical (unpaired) electrons. The average molecular weight is 422 g/mol. The van der Waals surface area contributed by atoms with Crippen LogP contribution in [0.5, 0.6) is 0 Å². The molecule has 1 aliphatic carbocycles. The normalized spacial score (nSPS) is 22.7. The van der Waals surface area contributed by atoms with Crippen LogP contribution in [0, 0.1) is 11.8 Å². The summed E-state index contributed by atoms with van der Waals surface area (Å²) in [6.45, 7) is 12.2. The van der Waals surface area contributed by atoms with Gasteiger partial charge in [0.15, 0.2) is 5.96 Å². The van der Waals surface area contributed by atoms with Crippen molar-refractivity contribution < 1.29 is 0 Å². The van der Waals surface area contributed by atoms with Crippen LogP contribution in [0.25, 0.3) is 0 Å². The predicted octanol–water partition coefficient (Wildman–Crippen LogP) is 3.08. The van der Waals surface area contributed by atoms with E-state index in [9.17, 15) is 0 Å². The monoisotopic (exact) mass is 422 g/mol. The maximum atomic E-state index is 4.79. The van der Waals surface area contributed by atoms with Gasteiger partial charge in [-0.05, 0) is 57.4 Å². The Morgan fingerprint density at radius 3 is 2.64 bits per heavy atom. The van der Waals surface area contributed by atoms with Crippen LogP contribution in [0.2, 0.25) is 0 Å². The van der Waals surface area contributed by atoms with E-state index in [0.717, 1.165) is 43.5 Å². The van der Waals surface area contributed by atoms with Gasteiger partial charge in [-0.1, -0.05) is 13.8 Å². The van der Waals surface area contributed by atoms with Gasteiger partial charge >= 0.3 is 0 Å². The maximum Gasteiger partial charge on any atom is 0.191 e. The number of nitrogens with one attached hydrogen (secondary N) is 2. The van der Waals surface area contributed by atoms with E-state index in [2.05, 4.69) is 36.3 Å². The molecule has 0 bridgehead atoms. The molecule has 2 fully saturated rings. The first-order valence-electron chi connectivity index (χ1n) is 8.95. The molecule has 1 saturated heterocycles. The number of rotatable bonds is 8. The van der Waals surface area contributed by atoms with Crippen LogP contribution in [0.3, 0.4) is 0 Å². The number of aliphatic imine (C=N–C) groups is 1. The molecule has 1 saturated carbocycles. The number of hydrogen-bond donors (Lipinski definition) is 2.